The number of para-hydroxylation sites is 1. The van der Waals surface area contributed by atoms with Gasteiger partial charge < -0.3 is 0 Å². The van der Waals surface area contributed by atoms with Crippen LogP contribution in [0.1, 0.15) is 0 Å². The van der Waals surface area contributed by atoms with Gasteiger partial charge in [-0.25, -0.2) is 9.97 Å². The van der Waals surface area contributed by atoms with Crippen molar-refractivity contribution < 1.29 is 4.92 Å². The number of hydrogen-bond donors (Lipinski definition) is 0. The van der Waals surface area contributed by atoms with Gasteiger partial charge in [0.15, 0.2) is 0 Å². The third kappa shape index (κ3) is 4.01. The van der Waals surface area contributed by atoms with Crippen molar-refractivity contribution in [3.63, 3.8) is 0 Å². The van der Waals surface area contributed by atoms with Crippen molar-refractivity contribution in [3.8, 4) is 39.6 Å². The Hall–Kier alpha value is -5.10. The number of aromatic nitrogens is 3. The van der Waals surface area contributed by atoms with Crippen LogP contribution in [-0.4, -0.2) is 19.5 Å². The molecule has 0 amide bonds. The van der Waals surface area contributed by atoms with E-state index in [9.17, 15) is 10.1 Å². The molecule has 0 aliphatic rings. The van der Waals surface area contributed by atoms with E-state index < -0.39 is 0 Å². The molecule has 0 N–H and O–H groups in total. The number of nitro benzene ring substituents is 1. The summed E-state index contributed by atoms with van der Waals surface area (Å²) in [5.74, 6) is 0.554. The number of nitro groups is 1. The zero-order valence-electron chi connectivity index (χ0n) is 19.2. The first kappa shape index (κ1) is 21.4. The molecule has 36 heavy (non-hydrogen) atoms. The molecule has 0 fully saturated rings. The van der Waals surface area contributed by atoms with Crippen LogP contribution in [0.25, 0.3) is 50.4 Å². The van der Waals surface area contributed by atoms with Gasteiger partial charge >= 0.3 is 0 Å². The highest BCUT2D eigenvalue weighted by Gasteiger charge is 2.15. The third-order valence-electron chi connectivity index (χ3n) is 6.14. The molecule has 4 aromatic carbocycles. The zero-order chi connectivity index (χ0) is 24.5. The van der Waals surface area contributed by atoms with Crippen LogP contribution in [-0.2, 0) is 0 Å². The van der Waals surface area contributed by atoms with Crippen molar-refractivity contribution in [3.05, 3.63) is 132 Å². The molecule has 2 aromatic heterocycles. The van der Waals surface area contributed by atoms with E-state index in [1.807, 2.05) is 108 Å². The van der Waals surface area contributed by atoms with Crippen molar-refractivity contribution in [2.45, 2.75) is 0 Å². The maximum atomic E-state index is 11.5. The van der Waals surface area contributed by atoms with Crippen molar-refractivity contribution in [2.75, 3.05) is 0 Å². The normalized spacial score (nSPS) is 11.0. The molecule has 0 saturated carbocycles. The predicted octanol–water partition coefficient (Wildman–Crippen LogP) is 7.33. The Kier molecular flexibility index (Phi) is 5.31. The molecule has 0 bridgehead atoms. The van der Waals surface area contributed by atoms with Gasteiger partial charge in [-0.3, -0.25) is 14.7 Å². The van der Waals surface area contributed by atoms with Crippen LogP contribution >= 0.6 is 0 Å². The number of rotatable bonds is 5. The first-order chi connectivity index (χ1) is 17.7. The molecule has 6 aromatic rings. The standard InChI is InChI=1S/C30H20N4O2/c35-34(36)29-14-8-7-13-26(29)23-15-16-24-19-33(20-25(24)17-23)30-31-27(21-9-3-1-4-10-21)18-28(32-30)22-11-5-2-6-12-22/h1-20H. The van der Waals surface area contributed by atoms with Crippen LogP contribution in [0.5, 0.6) is 0 Å². The van der Waals surface area contributed by atoms with E-state index >= 15 is 0 Å². The maximum absolute atomic E-state index is 11.5. The molecule has 6 nitrogen and oxygen atoms in total. The van der Waals surface area contributed by atoms with Crippen LogP contribution in [0.3, 0.4) is 0 Å². The average Bonchev–Trinajstić information content (AvgIpc) is 3.37. The number of nitrogens with zero attached hydrogens (tertiary/aromatic N) is 4. The summed E-state index contributed by atoms with van der Waals surface area (Å²) >= 11 is 0. The Labute approximate surface area is 207 Å². The molecule has 0 aliphatic carbocycles. The molecule has 0 spiro atoms. The number of fused-ring (bicyclic) bond motifs is 1. The van der Waals surface area contributed by atoms with Gasteiger partial charge in [0.05, 0.1) is 21.9 Å². The molecule has 2 heterocycles. The molecular weight excluding hydrogens is 448 g/mol. The Bertz CT molecular complexity index is 1650. The summed E-state index contributed by atoms with van der Waals surface area (Å²) in [6, 6.07) is 34.7. The van der Waals surface area contributed by atoms with Crippen LogP contribution in [0.2, 0.25) is 0 Å². The molecular formula is C30H20N4O2. The Morgan fingerprint density at radius 3 is 1.83 bits per heavy atom. The summed E-state index contributed by atoms with van der Waals surface area (Å²) in [7, 11) is 0. The van der Waals surface area contributed by atoms with Gasteiger partial charge in [-0.2, -0.15) is 0 Å². The van der Waals surface area contributed by atoms with Gasteiger partial charge in [0.2, 0.25) is 5.95 Å². The Morgan fingerprint density at radius 1 is 0.611 bits per heavy atom. The van der Waals surface area contributed by atoms with Gasteiger partial charge in [0, 0.05) is 35.0 Å². The van der Waals surface area contributed by atoms with Crippen LogP contribution in [0, 0.1) is 10.1 Å². The fraction of sp³-hybridized carbons (Fsp3) is 0. The number of benzene rings is 4. The van der Waals surface area contributed by atoms with Gasteiger partial charge in [-0.1, -0.05) is 84.9 Å². The number of hydrogen-bond acceptors (Lipinski definition) is 4. The largest absolute Gasteiger partial charge is 0.292 e. The summed E-state index contributed by atoms with van der Waals surface area (Å²) in [5, 5.41) is 13.5. The lowest BCUT2D eigenvalue weighted by atomic mass is 10.0. The molecule has 0 unspecified atom stereocenters. The van der Waals surface area contributed by atoms with Crippen LogP contribution in [0.4, 0.5) is 5.69 Å². The van der Waals surface area contributed by atoms with Gasteiger partial charge in [0.1, 0.15) is 0 Å². The predicted molar refractivity (Wildman–Crippen MR) is 142 cm³/mol. The fourth-order valence-electron chi connectivity index (χ4n) is 4.36. The lowest BCUT2D eigenvalue weighted by Crippen LogP contribution is -2.01. The van der Waals surface area contributed by atoms with Gasteiger partial charge in [0.25, 0.3) is 5.69 Å². The van der Waals surface area contributed by atoms with E-state index in [0.717, 1.165) is 38.9 Å². The summed E-state index contributed by atoms with van der Waals surface area (Å²) in [6.45, 7) is 0. The monoisotopic (exact) mass is 468 g/mol. The summed E-state index contributed by atoms with van der Waals surface area (Å²) in [5.41, 5.74) is 5.14. The molecule has 0 saturated heterocycles. The van der Waals surface area contributed by atoms with E-state index in [-0.39, 0.29) is 10.6 Å². The third-order valence-corrected chi connectivity index (χ3v) is 6.14. The Balaban J connectivity index is 1.48. The minimum atomic E-state index is -0.348. The highest BCUT2D eigenvalue weighted by Crippen LogP contribution is 2.32. The topological polar surface area (TPSA) is 73.8 Å². The van der Waals surface area contributed by atoms with Crippen LogP contribution < -0.4 is 0 Å². The van der Waals surface area contributed by atoms with Crippen molar-refractivity contribution in [1.82, 2.24) is 14.5 Å². The summed E-state index contributed by atoms with van der Waals surface area (Å²) in [4.78, 5) is 20.9. The highest BCUT2D eigenvalue weighted by atomic mass is 16.6. The van der Waals surface area contributed by atoms with E-state index in [1.165, 1.54) is 6.07 Å². The second kappa shape index (κ2) is 8.92. The zero-order valence-corrected chi connectivity index (χ0v) is 19.2. The van der Waals surface area contributed by atoms with Crippen molar-refractivity contribution in [1.29, 1.82) is 0 Å². The molecule has 0 atom stereocenters. The minimum absolute atomic E-state index is 0.0858. The Morgan fingerprint density at radius 2 is 1.19 bits per heavy atom. The van der Waals surface area contributed by atoms with Crippen LogP contribution in [0.15, 0.2) is 122 Å². The average molecular weight is 469 g/mol. The molecule has 6 heteroatoms. The first-order valence-electron chi connectivity index (χ1n) is 11.5. The maximum Gasteiger partial charge on any atom is 0.277 e. The van der Waals surface area contributed by atoms with Gasteiger partial charge in [-0.05, 0) is 29.1 Å². The van der Waals surface area contributed by atoms with E-state index in [2.05, 4.69) is 0 Å². The first-order valence-corrected chi connectivity index (χ1v) is 11.5. The highest BCUT2D eigenvalue weighted by molar-refractivity contribution is 5.89. The summed E-state index contributed by atoms with van der Waals surface area (Å²) < 4.78 is 1.91. The van der Waals surface area contributed by atoms with E-state index in [0.29, 0.717) is 11.5 Å². The second-order valence-corrected chi connectivity index (χ2v) is 8.45. The fourth-order valence-corrected chi connectivity index (χ4v) is 4.36. The molecule has 172 valence electrons. The smallest absolute Gasteiger partial charge is 0.277 e. The quantitative estimate of drug-likeness (QED) is 0.196. The van der Waals surface area contributed by atoms with Crippen molar-refractivity contribution in [2.24, 2.45) is 0 Å². The van der Waals surface area contributed by atoms with E-state index in [4.69, 9.17) is 9.97 Å². The minimum Gasteiger partial charge on any atom is -0.292 e. The molecule has 6 rings (SSSR count). The lowest BCUT2D eigenvalue weighted by Gasteiger charge is -2.09. The second-order valence-electron chi connectivity index (χ2n) is 8.45. The SMILES string of the molecule is O=[N+]([O-])c1ccccc1-c1ccc2cn(-c3nc(-c4ccccc4)cc(-c4ccccc4)n3)cc2c1. The molecule has 0 aliphatic heterocycles. The molecule has 0 radical (unpaired) electrons. The van der Waals surface area contributed by atoms with Crippen molar-refractivity contribution >= 4 is 16.5 Å². The van der Waals surface area contributed by atoms with E-state index in [1.54, 1.807) is 12.1 Å². The van der Waals surface area contributed by atoms with Gasteiger partial charge in [-0.15, -0.1) is 0 Å². The lowest BCUT2D eigenvalue weighted by molar-refractivity contribution is -0.384. The summed E-state index contributed by atoms with van der Waals surface area (Å²) in [6.07, 6.45) is 3.95.